The van der Waals surface area contributed by atoms with Gasteiger partial charge in [-0.1, -0.05) is 0 Å². The van der Waals surface area contributed by atoms with Gasteiger partial charge in [0.25, 0.3) is 0 Å². The van der Waals surface area contributed by atoms with Crippen LogP contribution in [0, 0.1) is 0 Å². The molecular formula is C11H19NO5. The minimum atomic E-state index is -1.21. The van der Waals surface area contributed by atoms with Gasteiger partial charge in [-0.05, 0) is 12.8 Å². The Hall–Kier alpha value is -0.980. The standard InChI is InChI=1S/C11H19NO5/c12-7-9(14)3-4-10(15)17-11(8-13)5-1-2-6-16-11/h13H,1-8,12H2/t11-/m1/s1. The molecule has 0 aromatic rings. The number of hydrogen-bond donors (Lipinski definition) is 2. The van der Waals surface area contributed by atoms with Crippen molar-refractivity contribution in [1.29, 1.82) is 0 Å². The van der Waals surface area contributed by atoms with Crippen LogP contribution in [-0.4, -0.2) is 42.4 Å². The number of carbonyl (C=O) groups is 2. The third-order valence-electron chi connectivity index (χ3n) is 2.69. The summed E-state index contributed by atoms with van der Waals surface area (Å²) in [4.78, 5) is 22.4. The zero-order valence-electron chi connectivity index (χ0n) is 9.81. The fraction of sp³-hybridized carbons (Fsp3) is 0.818. The summed E-state index contributed by atoms with van der Waals surface area (Å²) in [5.74, 6) is -1.94. The Bertz CT molecular complexity index is 273. The maximum absolute atomic E-state index is 11.5. The summed E-state index contributed by atoms with van der Waals surface area (Å²) < 4.78 is 10.4. The molecule has 1 aliphatic heterocycles. The predicted octanol–water partition coefficient (Wildman–Crippen LogP) is -0.273. The Morgan fingerprint density at radius 1 is 1.35 bits per heavy atom. The van der Waals surface area contributed by atoms with Crippen molar-refractivity contribution < 1.29 is 24.2 Å². The van der Waals surface area contributed by atoms with Gasteiger partial charge in [0.2, 0.25) is 5.79 Å². The van der Waals surface area contributed by atoms with Crippen molar-refractivity contribution >= 4 is 11.8 Å². The van der Waals surface area contributed by atoms with E-state index in [1.165, 1.54) is 0 Å². The molecule has 98 valence electrons. The van der Waals surface area contributed by atoms with Crippen LogP contribution in [0.15, 0.2) is 0 Å². The molecule has 1 aliphatic rings. The van der Waals surface area contributed by atoms with Crippen LogP contribution in [0.2, 0.25) is 0 Å². The van der Waals surface area contributed by atoms with Crippen molar-refractivity contribution in [2.24, 2.45) is 5.73 Å². The van der Waals surface area contributed by atoms with Crippen LogP contribution in [0.25, 0.3) is 0 Å². The molecule has 17 heavy (non-hydrogen) atoms. The van der Waals surface area contributed by atoms with E-state index in [1.54, 1.807) is 0 Å². The van der Waals surface area contributed by atoms with Gasteiger partial charge in [-0.2, -0.15) is 0 Å². The molecule has 0 amide bonds. The average Bonchev–Trinajstić information content (AvgIpc) is 2.37. The van der Waals surface area contributed by atoms with E-state index < -0.39 is 11.8 Å². The van der Waals surface area contributed by atoms with Crippen molar-refractivity contribution in [3.63, 3.8) is 0 Å². The number of nitrogens with two attached hydrogens (primary N) is 1. The Kier molecular flexibility index (Phi) is 5.54. The molecule has 0 radical (unpaired) electrons. The Labute approximate surface area is 100 Å². The maximum Gasteiger partial charge on any atom is 0.308 e. The summed E-state index contributed by atoms with van der Waals surface area (Å²) in [6, 6.07) is 0. The lowest BCUT2D eigenvalue weighted by molar-refractivity contribution is -0.260. The number of ether oxygens (including phenoxy) is 2. The molecule has 6 nitrogen and oxygen atoms in total. The molecule has 1 saturated heterocycles. The first-order valence-corrected chi connectivity index (χ1v) is 5.80. The molecule has 1 heterocycles. The van der Waals surface area contributed by atoms with E-state index in [4.69, 9.17) is 15.2 Å². The van der Waals surface area contributed by atoms with E-state index in [9.17, 15) is 14.7 Å². The number of rotatable bonds is 6. The summed E-state index contributed by atoms with van der Waals surface area (Å²) in [6.45, 7) is 0.0358. The first-order chi connectivity index (χ1) is 8.12. The molecule has 0 unspecified atom stereocenters. The quantitative estimate of drug-likeness (QED) is 0.625. The summed E-state index contributed by atoms with van der Waals surface area (Å²) in [5, 5.41) is 9.22. The second-order valence-corrected chi connectivity index (χ2v) is 4.09. The fourth-order valence-electron chi connectivity index (χ4n) is 1.67. The van der Waals surface area contributed by atoms with Crippen molar-refractivity contribution in [3.05, 3.63) is 0 Å². The van der Waals surface area contributed by atoms with Gasteiger partial charge in [-0.25, -0.2) is 0 Å². The summed E-state index contributed by atoms with van der Waals surface area (Å²) in [7, 11) is 0. The normalized spacial score (nSPS) is 24.4. The highest BCUT2D eigenvalue weighted by Gasteiger charge is 2.36. The molecule has 3 N–H and O–H groups in total. The highest BCUT2D eigenvalue weighted by molar-refractivity contribution is 5.84. The lowest BCUT2D eigenvalue weighted by Gasteiger charge is -2.34. The highest BCUT2D eigenvalue weighted by atomic mass is 16.7. The van der Waals surface area contributed by atoms with Gasteiger partial charge in [0.15, 0.2) is 0 Å². The Morgan fingerprint density at radius 3 is 2.65 bits per heavy atom. The molecule has 1 atom stereocenters. The summed E-state index contributed by atoms with van der Waals surface area (Å²) in [5.41, 5.74) is 5.13. The van der Waals surface area contributed by atoms with E-state index in [0.29, 0.717) is 13.0 Å². The molecular weight excluding hydrogens is 226 g/mol. The second kappa shape index (κ2) is 6.68. The van der Waals surface area contributed by atoms with Gasteiger partial charge in [-0.3, -0.25) is 9.59 Å². The molecule has 0 aromatic heterocycles. The number of aliphatic hydroxyl groups is 1. The van der Waals surface area contributed by atoms with Gasteiger partial charge < -0.3 is 20.3 Å². The van der Waals surface area contributed by atoms with Crippen molar-refractivity contribution in [2.45, 2.75) is 37.9 Å². The van der Waals surface area contributed by atoms with E-state index >= 15 is 0 Å². The van der Waals surface area contributed by atoms with E-state index in [2.05, 4.69) is 0 Å². The summed E-state index contributed by atoms with van der Waals surface area (Å²) in [6.07, 6.45) is 2.26. The SMILES string of the molecule is NCC(=O)CCC(=O)O[C@@]1(CO)CCCCO1. The van der Waals surface area contributed by atoms with Gasteiger partial charge in [0, 0.05) is 12.8 Å². The lowest BCUT2D eigenvalue weighted by atomic mass is 10.1. The van der Waals surface area contributed by atoms with Crippen LogP contribution >= 0.6 is 0 Å². The monoisotopic (exact) mass is 245 g/mol. The van der Waals surface area contributed by atoms with Crippen LogP contribution in [0.5, 0.6) is 0 Å². The van der Waals surface area contributed by atoms with E-state index in [0.717, 1.165) is 12.8 Å². The van der Waals surface area contributed by atoms with E-state index in [-0.39, 0.29) is 31.8 Å². The minimum absolute atomic E-state index is 0.0266. The molecule has 0 aromatic carbocycles. The van der Waals surface area contributed by atoms with Crippen molar-refractivity contribution in [1.82, 2.24) is 0 Å². The first kappa shape index (κ1) is 14.1. The molecule has 0 saturated carbocycles. The van der Waals surface area contributed by atoms with Crippen LogP contribution in [-0.2, 0) is 19.1 Å². The van der Waals surface area contributed by atoms with Gasteiger partial charge in [0.05, 0.1) is 19.6 Å². The predicted molar refractivity (Wildman–Crippen MR) is 59.0 cm³/mol. The first-order valence-electron chi connectivity index (χ1n) is 5.80. The van der Waals surface area contributed by atoms with Crippen LogP contribution < -0.4 is 5.73 Å². The highest BCUT2D eigenvalue weighted by Crippen LogP contribution is 2.26. The largest absolute Gasteiger partial charge is 0.430 e. The summed E-state index contributed by atoms with van der Waals surface area (Å²) >= 11 is 0. The number of ketones is 1. The van der Waals surface area contributed by atoms with Crippen molar-refractivity contribution in [3.8, 4) is 0 Å². The second-order valence-electron chi connectivity index (χ2n) is 4.09. The number of Topliss-reactive ketones (excluding diaryl/α,β-unsaturated/α-hetero) is 1. The molecule has 1 rings (SSSR count). The maximum atomic E-state index is 11.5. The van der Waals surface area contributed by atoms with Crippen molar-refractivity contribution in [2.75, 3.05) is 19.8 Å². The van der Waals surface area contributed by atoms with Crippen LogP contribution in [0.3, 0.4) is 0 Å². The smallest absolute Gasteiger partial charge is 0.308 e. The Balaban J connectivity index is 2.39. The number of hydrogen-bond acceptors (Lipinski definition) is 6. The third kappa shape index (κ3) is 4.41. The lowest BCUT2D eigenvalue weighted by Crippen LogP contribution is -2.44. The van der Waals surface area contributed by atoms with Crippen LogP contribution in [0.4, 0.5) is 0 Å². The van der Waals surface area contributed by atoms with Gasteiger partial charge in [-0.15, -0.1) is 0 Å². The number of aliphatic hydroxyl groups excluding tert-OH is 1. The molecule has 0 bridgehead atoms. The van der Waals surface area contributed by atoms with E-state index in [1.807, 2.05) is 0 Å². The third-order valence-corrected chi connectivity index (χ3v) is 2.69. The zero-order valence-corrected chi connectivity index (χ0v) is 9.81. The van der Waals surface area contributed by atoms with Gasteiger partial charge >= 0.3 is 5.97 Å². The zero-order chi connectivity index (χ0) is 12.7. The van der Waals surface area contributed by atoms with Crippen LogP contribution in [0.1, 0.15) is 32.1 Å². The van der Waals surface area contributed by atoms with Gasteiger partial charge in [0.1, 0.15) is 12.4 Å². The molecule has 0 aliphatic carbocycles. The Morgan fingerprint density at radius 2 is 2.12 bits per heavy atom. The topological polar surface area (TPSA) is 98.9 Å². The molecule has 0 spiro atoms. The minimum Gasteiger partial charge on any atom is -0.430 e. The average molecular weight is 245 g/mol. The molecule has 1 fully saturated rings. The number of esters is 1. The molecule has 6 heteroatoms. The number of carbonyl (C=O) groups excluding carboxylic acids is 2. The fourth-order valence-corrected chi connectivity index (χ4v) is 1.67.